The normalized spacial score (nSPS) is 19.5. The molecule has 0 unspecified atom stereocenters. The Morgan fingerprint density at radius 1 is 1.35 bits per heavy atom. The molecule has 2 amide bonds. The third kappa shape index (κ3) is 2.30. The van der Waals surface area contributed by atoms with Gasteiger partial charge in [-0.15, -0.1) is 0 Å². The third-order valence-corrected chi connectivity index (χ3v) is 3.09. The van der Waals surface area contributed by atoms with E-state index in [0.717, 1.165) is 11.3 Å². The maximum Gasteiger partial charge on any atom is 0.227 e. The number of anilines is 1. The Labute approximate surface area is 101 Å². The zero-order chi connectivity index (χ0) is 12.4. The SMILES string of the molecule is CNC(=O)[C@H]1CC(=O)N(c2ccc(C)cc2)C1. The average Bonchev–Trinajstić information content (AvgIpc) is 2.71. The lowest BCUT2D eigenvalue weighted by molar-refractivity contribution is -0.125. The molecule has 0 spiro atoms. The Bertz CT molecular complexity index is 439. The van der Waals surface area contributed by atoms with Crippen molar-refractivity contribution in [1.29, 1.82) is 0 Å². The van der Waals surface area contributed by atoms with E-state index in [4.69, 9.17) is 0 Å². The minimum atomic E-state index is -0.228. The largest absolute Gasteiger partial charge is 0.359 e. The Balaban J connectivity index is 2.15. The molecule has 0 aliphatic carbocycles. The molecule has 1 heterocycles. The fraction of sp³-hybridized carbons (Fsp3) is 0.385. The van der Waals surface area contributed by atoms with E-state index >= 15 is 0 Å². The van der Waals surface area contributed by atoms with Gasteiger partial charge in [-0.3, -0.25) is 9.59 Å². The van der Waals surface area contributed by atoms with Gasteiger partial charge in [0.15, 0.2) is 0 Å². The van der Waals surface area contributed by atoms with Gasteiger partial charge in [-0.25, -0.2) is 0 Å². The number of hydrogen-bond acceptors (Lipinski definition) is 2. The van der Waals surface area contributed by atoms with Crippen molar-refractivity contribution in [3.63, 3.8) is 0 Å². The highest BCUT2D eigenvalue weighted by atomic mass is 16.2. The Hall–Kier alpha value is -1.84. The molecule has 0 radical (unpaired) electrons. The molecular formula is C13H16N2O2. The van der Waals surface area contributed by atoms with Crippen LogP contribution < -0.4 is 10.2 Å². The zero-order valence-electron chi connectivity index (χ0n) is 10.1. The number of carbonyl (C=O) groups excluding carboxylic acids is 2. The van der Waals surface area contributed by atoms with E-state index in [0.29, 0.717) is 13.0 Å². The van der Waals surface area contributed by atoms with Gasteiger partial charge in [-0.2, -0.15) is 0 Å². The lowest BCUT2D eigenvalue weighted by Gasteiger charge is -2.16. The molecule has 17 heavy (non-hydrogen) atoms. The topological polar surface area (TPSA) is 49.4 Å². The van der Waals surface area contributed by atoms with E-state index in [-0.39, 0.29) is 17.7 Å². The Kier molecular flexibility index (Phi) is 3.13. The molecule has 1 atom stereocenters. The van der Waals surface area contributed by atoms with E-state index in [9.17, 15) is 9.59 Å². The highest BCUT2D eigenvalue weighted by Crippen LogP contribution is 2.25. The number of nitrogens with one attached hydrogen (secondary N) is 1. The summed E-state index contributed by atoms with van der Waals surface area (Å²) in [6.07, 6.45) is 0.299. The van der Waals surface area contributed by atoms with Crippen molar-refractivity contribution in [3.05, 3.63) is 29.8 Å². The van der Waals surface area contributed by atoms with Crippen LogP contribution in [0.25, 0.3) is 0 Å². The van der Waals surface area contributed by atoms with E-state index in [2.05, 4.69) is 5.32 Å². The van der Waals surface area contributed by atoms with Crippen LogP contribution in [0.15, 0.2) is 24.3 Å². The lowest BCUT2D eigenvalue weighted by Crippen LogP contribution is -2.30. The molecule has 1 fully saturated rings. The van der Waals surface area contributed by atoms with Crippen molar-refractivity contribution in [1.82, 2.24) is 5.32 Å². The minimum absolute atomic E-state index is 0.0162. The molecule has 4 heteroatoms. The first-order valence-electron chi connectivity index (χ1n) is 5.70. The maximum atomic E-state index is 11.8. The molecule has 90 valence electrons. The standard InChI is InChI=1S/C13H16N2O2/c1-9-3-5-11(6-4-9)15-8-10(7-12(15)16)13(17)14-2/h3-6,10H,7-8H2,1-2H3,(H,14,17)/t10-/m0/s1. The first kappa shape index (κ1) is 11.6. The first-order valence-corrected chi connectivity index (χ1v) is 5.70. The predicted molar refractivity (Wildman–Crippen MR) is 65.7 cm³/mol. The van der Waals surface area contributed by atoms with Crippen molar-refractivity contribution in [2.75, 3.05) is 18.5 Å². The van der Waals surface area contributed by atoms with Crippen LogP contribution in [0.3, 0.4) is 0 Å². The van der Waals surface area contributed by atoms with Crippen LogP contribution in [-0.4, -0.2) is 25.4 Å². The molecular weight excluding hydrogens is 216 g/mol. The van der Waals surface area contributed by atoms with E-state index in [1.807, 2.05) is 31.2 Å². The molecule has 1 aliphatic rings. The quantitative estimate of drug-likeness (QED) is 0.830. The van der Waals surface area contributed by atoms with Crippen molar-refractivity contribution in [2.45, 2.75) is 13.3 Å². The summed E-state index contributed by atoms with van der Waals surface area (Å²) in [5.41, 5.74) is 2.02. The fourth-order valence-corrected chi connectivity index (χ4v) is 2.06. The number of hydrogen-bond donors (Lipinski definition) is 1. The summed E-state index contributed by atoms with van der Waals surface area (Å²) in [6.45, 7) is 2.48. The van der Waals surface area contributed by atoms with Crippen molar-refractivity contribution in [2.24, 2.45) is 5.92 Å². The number of rotatable bonds is 2. The van der Waals surface area contributed by atoms with Crippen molar-refractivity contribution >= 4 is 17.5 Å². The van der Waals surface area contributed by atoms with E-state index < -0.39 is 0 Å². The van der Waals surface area contributed by atoms with E-state index in [1.54, 1.807) is 11.9 Å². The summed E-state index contributed by atoms with van der Waals surface area (Å²) in [5.74, 6) is -0.274. The Morgan fingerprint density at radius 2 is 2.00 bits per heavy atom. The number of carbonyl (C=O) groups is 2. The zero-order valence-corrected chi connectivity index (χ0v) is 10.1. The van der Waals surface area contributed by atoms with Crippen LogP contribution in [0.2, 0.25) is 0 Å². The fourth-order valence-electron chi connectivity index (χ4n) is 2.06. The molecule has 1 aliphatic heterocycles. The number of amides is 2. The molecule has 1 aromatic rings. The molecule has 0 aromatic heterocycles. The second-order valence-corrected chi connectivity index (χ2v) is 4.36. The molecule has 0 bridgehead atoms. The van der Waals surface area contributed by atoms with Crippen molar-refractivity contribution < 1.29 is 9.59 Å². The summed E-state index contributed by atoms with van der Waals surface area (Å²) < 4.78 is 0. The van der Waals surface area contributed by atoms with Crippen LogP contribution in [0, 0.1) is 12.8 Å². The lowest BCUT2D eigenvalue weighted by atomic mass is 10.1. The summed E-state index contributed by atoms with van der Waals surface area (Å²) in [7, 11) is 1.60. The van der Waals surface area contributed by atoms with Gasteiger partial charge >= 0.3 is 0 Å². The number of aryl methyl sites for hydroxylation is 1. The van der Waals surface area contributed by atoms with Crippen LogP contribution in [0.1, 0.15) is 12.0 Å². The Morgan fingerprint density at radius 3 is 2.59 bits per heavy atom. The highest BCUT2D eigenvalue weighted by molar-refractivity contribution is 6.00. The van der Waals surface area contributed by atoms with Gasteiger partial charge < -0.3 is 10.2 Å². The number of nitrogens with zero attached hydrogens (tertiary/aromatic N) is 1. The van der Waals surface area contributed by atoms with Gasteiger partial charge in [0.2, 0.25) is 11.8 Å². The summed E-state index contributed by atoms with van der Waals surface area (Å²) in [4.78, 5) is 25.0. The van der Waals surface area contributed by atoms with Gasteiger partial charge in [0.05, 0.1) is 5.92 Å². The second kappa shape index (κ2) is 4.57. The molecule has 0 saturated carbocycles. The molecule has 1 N–H and O–H groups in total. The third-order valence-electron chi connectivity index (χ3n) is 3.09. The van der Waals surface area contributed by atoms with Gasteiger partial charge in [0, 0.05) is 25.7 Å². The molecule has 1 aromatic carbocycles. The van der Waals surface area contributed by atoms with E-state index in [1.165, 1.54) is 0 Å². The van der Waals surface area contributed by atoms with Crippen LogP contribution in [0.5, 0.6) is 0 Å². The minimum Gasteiger partial charge on any atom is -0.359 e. The second-order valence-electron chi connectivity index (χ2n) is 4.36. The predicted octanol–water partition coefficient (Wildman–Crippen LogP) is 1.09. The molecule has 2 rings (SSSR count). The van der Waals surface area contributed by atoms with Crippen LogP contribution in [-0.2, 0) is 9.59 Å². The smallest absolute Gasteiger partial charge is 0.227 e. The van der Waals surface area contributed by atoms with Gasteiger partial charge in [0.1, 0.15) is 0 Å². The van der Waals surface area contributed by atoms with Gasteiger partial charge in [-0.1, -0.05) is 17.7 Å². The number of benzene rings is 1. The van der Waals surface area contributed by atoms with Crippen LogP contribution in [0.4, 0.5) is 5.69 Å². The van der Waals surface area contributed by atoms with Crippen LogP contribution >= 0.6 is 0 Å². The summed E-state index contributed by atoms with van der Waals surface area (Å²) >= 11 is 0. The average molecular weight is 232 g/mol. The molecule has 4 nitrogen and oxygen atoms in total. The highest BCUT2D eigenvalue weighted by Gasteiger charge is 2.34. The maximum absolute atomic E-state index is 11.8. The summed E-state index contributed by atoms with van der Waals surface area (Å²) in [6, 6.07) is 7.77. The van der Waals surface area contributed by atoms with Gasteiger partial charge in [0.25, 0.3) is 0 Å². The molecule has 1 saturated heterocycles. The van der Waals surface area contributed by atoms with Crippen molar-refractivity contribution in [3.8, 4) is 0 Å². The van der Waals surface area contributed by atoms with Gasteiger partial charge in [-0.05, 0) is 19.1 Å². The summed E-state index contributed by atoms with van der Waals surface area (Å²) in [5, 5.41) is 2.59. The monoisotopic (exact) mass is 232 g/mol. The first-order chi connectivity index (χ1) is 8.11.